The Balaban J connectivity index is 1.83. The van der Waals surface area contributed by atoms with Crippen molar-refractivity contribution in [3.8, 4) is 0 Å². The van der Waals surface area contributed by atoms with Crippen molar-refractivity contribution in [2.24, 2.45) is 5.41 Å². The second kappa shape index (κ2) is 4.19. The molecule has 0 N–H and O–H groups in total. The summed E-state index contributed by atoms with van der Waals surface area (Å²) in [7, 11) is 0. The molecule has 1 aromatic rings. The predicted octanol–water partition coefficient (Wildman–Crippen LogP) is 4.03. The molecule has 0 amide bonds. The van der Waals surface area contributed by atoms with E-state index in [0.29, 0.717) is 5.56 Å². The topological polar surface area (TPSA) is 26.3 Å². The predicted molar refractivity (Wildman–Crippen MR) is 70.4 cm³/mol. The monoisotopic (exact) mass is 260 g/mol. The molecule has 19 heavy (non-hydrogen) atoms. The lowest BCUT2D eigenvalue weighted by Crippen LogP contribution is -2.45. The second-order valence-corrected chi connectivity index (χ2v) is 5.87. The number of carbonyl (C=O) groups is 1. The van der Waals surface area contributed by atoms with Gasteiger partial charge in [-0.05, 0) is 43.9 Å². The van der Waals surface area contributed by atoms with Crippen LogP contribution < -0.4 is 0 Å². The summed E-state index contributed by atoms with van der Waals surface area (Å²) in [5, 5.41) is 0. The van der Waals surface area contributed by atoms with Crippen molar-refractivity contribution in [3.63, 3.8) is 0 Å². The second-order valence-electron chi connectivity index (χ2n) is 5.87. The summed E-state index contributed by atoms with van der Waals surface area (Å²) in [4.78, 5) is 12.1. The zero-order valence-electron chi connectivity index (χ0n) is 11.0. The van der Waals surface area contributed by atoms with Crippen molar-refractivity contribution in [1.82, 2.24) is 0 Å². The van der Waals surface area contributed by atoms with Crippen LogP contribution in [0.4, 0.5) is 4.39 Å². The zero-order valence-corrected chi connectivity index (χ0v) is 11.0. The first-order valence-corrected chi connectivity index (χ1v) is 6.70. The van der Waals surface area contributed by atoms with Gasteiger partial charge in [0, 0.05) is 5.41 Å². The Bertz CT molecular complexity index is 525. The summed E-state index contributed by atoms with van der Waals surface area (Å²) in [6, 6.07) is 8.87. The minimum atomic E-state index is -0.727. The van der Waals surface area contributed by atoms with Crippen LogP contribution in [0, 0.1) is 5.41 Å². The van der Waals surface area contributed by atoms with E-state index in [1.54, 1.807) is 24.3 Å². The van der Waals surface area contributed by atoms with Crippen LogP contribution in [0.15, 0.2) is 42.2 Å². The number of fused-ring (bicyclic) bond motifs is 2. The minimum Gasteiger partial charge on any atom is -0.451 e. The Kier molecular flexibility index (Phi) is 2.73. The zero-order chi connectivity index (χ0) is 13.5. The normalized spacial score (nSPS) is 32.8. The summed E-state index contributed by atoms with van der Waals surface area (Å²) < 4.78 is 19.6. The molecule has 100 valence electrons. The first-order chi connectivity index (χ1) is 9.03. The van der Waals surface area contributed by atoms with Crippen LogP contribution in [-0.4, -0.2) is 11.6 Å². The van der Waals surface area contributed by atoms with Gasteiger partial charge in [-0.1, -0.05) is 25.1 Å². The van der Waals surface area contributed by atoms with Gasteiger partial charge < -0.3 is 4.74 Å². The summed E-state index contributed by atoms with van der Waals surface area (Å²) in [5.41, 5.74) is -0.542. The maximum atomic E-state index is 14.0. The number of hydrogen-bond donors (Lipinski definition) is 0. The lowest BCUT2D eigenvalue weighted by molar-refractivity contribution is -0.0412. The molecule has 4 rings (SSSR count). The third-order valence-electron chi connectivity index (χ3n) is 4.47. The van der Waals surface area contributed by atoms with Crippen LogP contribution in [0.1, 0.15) is 43.0 Å². The minimum absolute atomic E-state index is 0.120. The maximum absolute atomic E-state index is 14.0. The first kappa shape index (κ1) is 12.4. The number of halogens is 1. The van der Waals surface area contributed by atoms with Crippen LogP contribution in [0.3, 0.4) is 0 Å². The standard InChI is InChI=1S/C16H17FO2/c1-15-7-9-16(10-8-15,11-13(15)17)19-14(18)12-5-3-2-4-6-12/h2-6,11H,7-10H2,1H3. The molecule has 1 fully saturated rings. The average molecular weight is 260 g/mol. The number of esters is 1. The molecule has 1 saturated carbocycles. The van der Waals surface area contributed by atoms with Crippen molar-refractivity contribution in [2.75, 3.05) is 0 Å². The molecule has 3 heteroatoms. The van der Waals surface area contributed by atoms with Crippen LogP contribution in [0.2, 0.25) is 0 Å². The first-order valence-electron chi connectivity index (χ1n) is 6.70. The van der Waals surface area contributed by atoms with Crippen LogP contribution in [-0.2, 0) is 4.74 Å². The molecular weight excluding hydrogens is 243 g/mol. The Morgan fingerprint density at radius 3 is 2.37 bits per heavy atom. The molecule has 0 atom stereocenters. The highest BCUT2D eigenvalue weighted by Gasteiger charge is 2.49. The Morgan fingerprint density at radius 2 is 1.79 bits per heavy atom. The van der Waals surface area contributed by atoms with E-state index in [9.17, 15) is 9.18 Å². The van der Waals surface area contributed by atoms with E-state index < -0.39 is 5.60 Å². The molecule has 0 unspecified atom stereocenters. The Morgan fingerprint density at radius 1 is 1.16 bits per heavy atom. The van der Waals surface area contributed by atoms with Gasteiger partial charge in [0.15, 0.2) is 0 Å². The fourth-order valence-corrected chi connectivity index (χ4v) is 2.96. The van der Waals surface area contributed by atoms with Gasteiger partial charge in [-0.25, -0.2) is 9.18 Å². The molecule has 3 aliphatic rings. The molecule has 0 radical (unpaired) electrons. The van der Waals surface area contributed by atoms with Gasteiger partial charge in [0.25, 0.3) is 0 Å². The smallest absolute Gasteiger partial charge is 0.338 e. The number of ether oxygens (including phenoxy) is 1. The van der Waals surface area contributed by atoms with Crippen LogP contribution in [0.25, 0.3) is 0 Å². The molecule has 3 aliphatic carbocycles. The molecule has 1 aromatic carbocycles. The van der Waals surface area contributed by atoms with Gasteiger partial charge in [0.2, 0.25) is 0 Å². The van der Waals surface area contributed by atoms with Crippen molar-refractivity contribution in [2.45, 2.75) is 38.2 Å². The van der Waals surface area contributed by atoms with E-state index in [0.717, 1.165) is 25.7 Å². The highest BCUT2D eigenvalue weighted by Crippen LogP contribution is 2.53. The van der Waals surface area contributed by atoms with Crippen LogP contribution >= 0.6 is 0 Å². The lowest BCUT2D eigenvalue weighted by atomic mass is 9.63. The van der Waals surface area contributed by atoms with Crippen molar-refractivity contribution >= 4 is 5.97 Å². The Hall–Kier alpha value is -1.64. The quantitative estimate of drug-likeness (QED) is 0.750. The fraction of sp³-hybridized carbons (Fsp3) is 0.438. The molecule has 0 spiro atoms. The number of carbonyl (C=O) groups excluding carboxylic acids is 1. The maximum Gasteiger partial charge on any atom is 0.338 e. The average Bonchev–Trinajstić information content (AvgIpc) is 2.42. The summed E-state index contributed by atoms with van der Waals surface area (Å²) >= 11 is 0. The van der Waals surface area contributed by atoms with E-state index in [1.165, 1.54) is 6.08 Å². The van der Waals surface area contributed by atoms with Crippen molar-refractivity contribution in [3.05, 3.63) is 47.8 Å². The van der Waals surface area contributed by atoms with Gasteiger partial charge >= 0.3 is 5.97 Å². The van der Waals surface area contributed by atoms with E-state index in [4.69, 9.17) is 4.74 Å². The van der Waals surface area contributed by atoms with E-state index in [1.807, 2.05) is 13.0 Å². The fourth-order valence-electron chi connectivity index (χ4n) is 2.96. The third-order valence-corrected chi connectivity index (χ3v) is 4.47. The number of hydrogen-bond acceptors (Lipinski definition) is 2. The number of rotatable bonds is 2. The molecule has 2 bridgehead atoms. The van der Waals surface area contributed by atoms with Gasteiger partial charge in [-0.15, -0.1) is 0 Å². The third kappa shape index (κ3) is 2.07. The van der Waals surface area contributed by atoms with E-state index in [-0.39, 0.29) is 17.2 Å². The highest BCUT2D eigenvalue weighted by atomic mass is 19.1. The van der Waals surface area contributed by atoms with Gasteiger partial charge in [-0.2, -0.15) is 0 Å². The molecule has 2 nitrogen and oxygen atoms in total. The number of benzene rings is 1. The Labute approximate surface area is 112 Å². The molecule has 0 aliphatic heterocycles. The van der Waals surface area contributed by atoms with Crippen LogP contribution in [0.5, 0.6) is 0 Å². The van der Waals surface area contributed by atoms with Gasteiger partial charge in [0.05, 0.1) is 5.56 Å². The van der Waals surface area contributed by atoms with Gasteiger partial charge in [0.1, 0.15) is 11.4 Å². The largest absolute Gasteiger partial charge is 0.451 e. The van der Waals surface area contributed by atoms with E-state index in [2.05, 4.69) is 0 Å². The summed E-state index contributed by atoms with van der Waals surface area (Å²) in [6.07, 6.45) is 4.46. The highest BCUT2D eigenvalue weighted by molar-refractivity contribution is 5.89. The van der Waals surface area contributed by atoms with E-state index >= 15 is 0 Å². The SMILES string of the molecule is CC12CCC(OC(=O)c3ccccc3)(C=C1F)CC2. The molecule has 0 aromatic heterocycles. The van der Waals surface area contributed by atoms with Crippen molar-refractivity contribution in [1.29, 1.82) is 0 Å². The number of allylic oxidation sites excluding steroid dienone is 1. The van der Waals surface area contributed by atoms with Crippen molar-refractivity contribution < 1.29 is 13.9 Å². The summed E-state index contributed by atoms with van der Waals surface area (Å²) in [5.74, 6) is -0.485. The lowest BCUT2D eigenvalue weighted by Gasteiger charge is -2.47. The molecule has 0 heterocycles. The van der Waals surface area contributed by atoms with Gasteiger partial charge in [-0.3, -0.25) is 0 Å². The molecular formula is C16H17FO2. The summed E-state index contributed by atoms with van der Waals surface area (Å²) in [6.45, 7) is 1.95. The molecule has 0 saturated heterocycles.